The van der Waals surface area contributed by atoms with Gasteiger partial charge in [-0.15, -0.1) is 0 Å². The van der Waals surface area contributed by atoms with E-state index >= 15 is 0 Å². The first-order valence-corrected chi connectivity index (χ1v) is 10.5. The Bertz CT molecular complexity index is 881. The summed E-state index contributed by atoms with van der Waals surface area (Å²) in [6.07, 6.45) is -2.25. The van der Waals surface area contributed by atoms with E-state index in [2.05, 4.69) is 4.52 Å². The molecule has 0 saturated carbocycles. The molecule has 0 unspecified atom stereocenters. The number of esters is 2. The van der Waals surface area contributed by atoms with Crippen molar-refractivity contribution >= 4 is 25.7 Å². The van der Waals surface area contributed by atoms with Gasteiger partial charge in [-0.1, -0.05) is 60.7 Å². The molecule has 0 aromatic heterocycles. The Kier molecular flexibility index (Phi) is 8.47. The third-order valence-corrected chi connectivity index (χ3v) is 4.62. The molecular weight excluding hydrogens is 431 g/mol. The summed E-state index contributed by atoms with van der Waals surface area (Å²) >= 11 is 0. The summed E-state index contributed by atoms with van der Waals surface area (Å²) in [5, 5.41) is 9.57. The maximum atomic E-state index is 12.2. The number of phosphoric ester groups is 1. The molecule has 11 heteroatoms. The van der Waals surface area contributed by atoms with E-state index in [1.165, 1.54) is 0 Å². The van der Waals surface area contributed by atoms with Crippen LogP contribution in [-0.4, -0.2) is 38.4 Å². The molecule has 0 aliphatic rings. The number of carbonyl (C=O) groups is 3. The SMILES string of the molecule is O=C(CC(CC(=O)OCc1ccccc1)(OP(=O)(O)O)C(=O)O)OCc1ccccc1. The molecular formula is C20H21O10P. The van der Waals surface area contributed by atoms with Gasteiger partial charge in [-0.3, -0.25) is 14.1 Å². The van der Waals surface area contributed by atoms with Gasteiger partial charge in [0.15, 0.2) is 5.60 Å². The predicted octanol–water partition coefficient (Wildman–Crippen LogP) is 2.19. The van der Waals surface area contributed by atoms with Crippen LogP contribution in [0.4, 0.5) is 0 Å². The predicted molar refractivity (Wildman–Crippen MR) is 105 cm³/mol. The molecule has 31 heavy (non-hydrogen) atoms. The van der Waals surface area contributed by atoms with Crippen LogP contribution in [0.15, 0.2) is 60.7 Å². The lowest BCUT2D eigenvalue weighted by Crippen LogP contribution is -2.45. The molecule has 0 saturated heterocycles. The van der Waals surface area contributed by atoms with Crippen LogP contribution < -0.4 is 0 Å². The van der Waals surface area contributed by atoms with Gasteiger partial charge in [0.05, 0.1) is 12.8 Å². The number of ether oxygens (including phenoxy) is 2. The minimum Gasteiger partial charge on any atom is -0.479 e. The highest BCUT2D eigenvalue weighted by Gasteiger charge is 2.49. The van der Waals surface area contributed by atoms with Crippen LogP contribution in [0.25, 0.3) is 0 Å². The second kappa shape index (κ2) is 10.8. The van der Waals surface area contributed by atoms with E-state index in [-0.39, 0.29) is 13.2 Å². The van der Waals surface area contributed by atoms with Gasteiger partial charge in [0.25, 0.3) is 0 Å². The van der Waals surface area contributed by atoms with Crippen molar-refractivity contribution in [2.45, 2.75) is 31.7 Å². The average molecular weight is 452 g/mol. The normalized spacial score (nSPS) is 11.5. The number of carbonyl (C=O) groups excluding carboxylic acids is 2. The maximum Gasteiger partial charge on any atom is 0.470 e. The first-order chi connectivity index (χ1) is 14.6. The Hall–Kier alpha value is -3.04. The van der Waals surface area contributed by atoms with Gasteiger partial charge in [0, 0.05) is 0 Å². The molecule has 0 atom stereocenters. The minimum absolute atomic E-state index is 0.205. The molecule has 2 aromatic rings. The van der Waals surface area contributed by atoms with Gasteiger partial charge in [-0.25, -0.2) is 9.36 Å². The summed E-state index contributed by atoms with van der Waals surface area (Å²) in [5.74, 6) is -4.18. The van der Waals surface area contributed by atoms with Gasteiger partial charge in [-0.05, 0) is 11.1 Å². The van der Waals surface area contributed by atoms with Crippen LogP contribution in [0.5, 0.6) is 0 Å². The topological polar surface area (TPSA) is 157 Å². The quantitative estimate of drug-likeness (QED) is 0.341. The smallest absolute Gasteiger partial charge is 0.470 e. The van der Waals surface area contributed by atoms with Gasteiger partial charge >= 0.3 is 25.7 Å². The fraction of sp³-hybridized carbons (Fsp3) is 0.250. The number of benzene rings is 2. The van der Waals surface area contributed by atoms with Gasteiger partial charge in [0.1, 0.15) is 13.2 Å². The molecule has 10 nitrogen and oxygen atoms in total. The molecule has 0 bridgehead atoms. The number of carboxylic acids is 1. The standard InChI is InChI=1S/C20H21O10P/c21-17(28-13-15-7-3-1-4-8-15)11-20(19(23)24,30-31(25,26)27)12-18(22)29-14-16-9-5-2-6-10-16/h1-10H,11-14H2,(H,23,24)(H2,25,26,27). The lowest BCUT2D eigenvalue weighted by atomic mass is 9.96. The fourth-order valence-electron chi connectivity index (χ4n) is 2.59. The molecule has 0 spiro atoms. The number of phosphoric acid groups is 1. The molecule has 0 heterocycles. The summed E-state index contributed by atoms with van der Waals surface area (Å²) in [5.41, 5.74) is -1.66. The second-order valence-corrected chi connectivity index (χ2v) is 7.69. The van der Waals surface area contributed by atoms with Gasteiger partial charge in [0.2, 0.25) is 0 Å². The van der Waals surface area contributed by atoms with Crippen molar-refractivity contribution in [1.29, 1.82) is 0 Å². The molecule has 166 valence electrons. The van der Waals surface area contributed by atoms with Crippen LogP contribution in [-0.2, 0) is 46.2 Å². The number of hydrogen-bond donors (Lipinski definition) is 3. The molecule has 0 fully saturated rings. The van der Waals surface area contributed by atoms with Crippen LogP contribution >= 0.6 is 7.82 Å². The van der Waals surface area contributed by atoms with Crippen LogP contribution in [0.1, 0.15) is 24.0 Å². The Morgan fingerprint density at radius 2 is 1.16 bits per heavy atom. The summed E-state index contributed by atoms with van der Waals surface area (Å²) in [4.78, 5) is 54.6. The lowest BCUT2D eigenvalue weighted by molar-refractivity contribution is -0.172. The molecule has 2 aromatic carbocycles. The number of hydrogen-bond acceptors (Lipinski definition) is 7. The zero-order valence-electron chi connectivity index (χ0n) is 16.2. The maximum absolute atomic E-state index is 12.2. The molecule has 0 aliphatic carbocycles. The monoisotopic (exact) mass is 452 g/mol. The lowest BCUT2D eigenvalue weighted by Gasteiger charge is -2.27. The van der Waals surface area contributed by atoms with Gasteiger partial charge < -0.3 is 24.4 Å². The zero-order chi connectivity index (χ0) is 22.9. The average Bonchev–Trinajstić information content (AvgIpc) is 2.71. The molecule has 0 radical (unpaired) electrons. The molecule has 3 N–H and O–H groups in total. The summed E-state index contributed by atoms with van der Waals surface area (Å²) in [6.45, 7) is -0.409. The summed E-state index contributed by atoms with van der Waals surface area (Å²) in [6, 6.07) is 16.9. The highest BCUT2D eigenvalue weighted by molar-refractivity contribution is 7.46. The van der Waals surface area contributed by atoms with Crippen molar-refractivity contribution in [3.8, 4) is 0 Å². The van der Waals surface area contributed by atoms with Crippen molar-refractivity contribution in [1.82, 2.24) is 0 Å². The van der Waals surface area contributed by atoms with E-state index in [1.54, 1.807) is 60.7 Å². The highest BCUT2D eigenvalue weighted by atomic mass is 31.2. The Morgan fingerprint density at radius 1 is 0.774 bits per heavy atom. The zero-order valence-corrected chi connectivity index (χ0v) is 17.1. The molecule has 0 amide bonds. The second-order valence-electron chi connectivity index (χ2n) is 6.53. The van der Waals surface area contributed by atoms with Crippen molar-refractivity contribution in [3.63, 3.8) is 0 Å². The first-order valence-electron chi connectivity index (χ1n) is 8.98. The Labute approximate surface area is 177 Å². The summed E-state index contributed by atoms with van der Waals surface area (Å²) < 4.78 is 25.7. The van der Waals surface area contributed by atoms with Crippen LogP contribution in [0, 0.1) is 0 Å². The minimum atomic E-state index is -5.40. The number of aliphatic carboxylic acids is 1. The van der Waals surface area contributed by atoms with Crippen LogP contribution in [0.3, 0.4) is 0 Å². The van der Waals surface area contributed by atoms with Crippen molar-refractivity contribution in [2.75, 3.05) is 0 Å². The molecule has 0 aliphatic heterocycles. The van der Waals surface area contributed by atoms with Crippen molar-refractivity contribution in [3.05, 3.63) is 71.8 Å². The number of carboxylic acid groups (broad SMARTS) is 1. The number of rotatable bonds is 11. The summed E-state index contributed by atoms with van der Waals surface area (Å²) in [7, 11) is -5.40. The van der Waals surface area contributed by atoms with E-state index in [4.69, 9.17) is 19.3 Å². The van der Waals surface area contributed by atoms with E-state index < -0.39 is 44.2 Å². The van der Waals surface area contributed by atoms with Crippen molar-refractivity contribution < 1.29 is 47.8 Å². The Balaban J connectivity index is 2.11. The van der Waals surface area contributed by atoms with E-state index in [9.17, 15) is 24.1 Å². The fourth-order valence-corrected chi connectivity index (χ4v) is 3.25. The Morgan fingerprint density at radius 3 is 1.48 bits per heavy atom. The van der Waals surface area contributed by atoms with Crippen LogP contribution in [0.2, 0.25) is 0 Å². The third-order valence-electron chi connectivity index (χ3n) is 4.03. The van der Waals surface area contributed by atoms with Crippen molar-refractivity contribution in [2.24, 2.45) is 0 Å². The third kappa shape index (κ3) is 8.31. The van der Waals surface area contributed by atoms with Gasteiger partial charge in [-0.2, -0.15) is 0 Å². The van der Waals surface area contributed by atoms with E-state index in [0.29, 0.717) is 11.1 Å². The first kappa shape index (κ1) is 24.2. The molecule has 2 rings (SSSR count). The van der Waals surface area contributed by atoms with E-state index in [1.807, 2.05) is 0 Å². The largest absolute Gasteiger partial charge is 0.479 e. The van der Waals surface area contributed by atoms with E-state index in [0.717, 1.165) is 0 Å². The highest BCUT2D eigenvalue weighted by Crippen LogP contribution is 2.44.